The molecule has 26 heavy (non-hydrogen) atoms. The van der Waals surface area contributed by atoms with Crippen molar-refractivity contribution in [2.75, 3.05) is 18.8 Å². The Morgan fingerprint density at radius 3 is 2.08 bits per heavy atom. The van der Waals surface area contributed by atoms with E-state index in [0.29, 0.717) is 24.9 Å². The smallest absolute Gasteiger partial charge is 0.314 e. The number of hydrogen-bond acceptors (Lipinski definition) is 7. The Hall–Kier alpha value is -1.90. The van der Waals surface area contributed by atoms with Gasteiger partial charge in [0.25, 0.3) is 5.12 Å². The number of nitrogens with zero attached hydrogens (tertiary/aromatic N) is 1. The van der Waals surface area contributed by atoms with Crippen molar-refractivity contribution >= 4 is 40.4 Å². The van der Waals surface area contributed by atoms with Crippen molar-refractivity contribution in [3.8, 4) is 0 Å². The highest BCUT2D eigenvalue weighted by Gasteiger charge is 2.27. The van der Waals surface area contributed by atoms with Gasteiger partial charge in [0, 0.05) is 25.3 Å². The summed E-state index contributed by atoms with van der Waals surface area (Å²) in [6.07, 6.45) is -0.820. The molecule has 0 saturated carbocycles. The zero-order valence-electron chi connectivity index (χ0n) is 16.0. The van der Waals surface area contributed by atoms with Crippen molar-refractivity contribution in [3.05, 3.63) is 0 Å². The lowest BCUT2D eigenvalue weighted by Gasteiger charge is -2.25. The number of ketones is 1. The summed E-state index contributed by atoms with van der Waals surface area (Å²) in [6.45, 7) is 9.47. The Morgan fingerprint density at radius 1 is 1.04 bits per heavy atom. The van der Waals surface area contributed by atoms with Crippen LogP contribution in [-0.4, -0.2) is 64.6 Å². The number of thioether (sulfide) groups is 1. The van der Waals surface area contributed by atoms with Gasteiger partial charge in [0.05, 0.1) is 6.10 Å². The lowest BCUT2D eigenvalue weighted by molar-refractivity contribution is -0.150. The van der Waals surface area contributed by atoms with Crippen LogP contribution in [0.5, 0.6) is 0 Å². The van der Waals surface area contributed by atoms with E-state index in [1.54, 1.807) is 20.8 Å². The second-order valence-corrected chi connectivity index (χ2v) is 6.71. The van der Waals surface area contributed by atoms with E-state index in [1.807, 2.05) is 13.8 Å². The molecule has 8 nitrogen and oxygen atoms in total. The minimum Gasteiger partial charge on any atom is -0.463 e. The molecule has 0 aliphatic heterocycles. The maximum Gasteiger partial charge on any atom is 0.314 e. The van der Waals surface area contributed by atoms with Gasteiger partial charge in [0.15, 0.2) is 0 Å². The summed E-state index contributed by atoms with van der Waals surface area (Å²) in [4.78, 5) is 60.8. The van der Waals surface area contributed by atoms with E-state index in [4.69, 9.17) is 4.74 Å². The van der Waals surface area contributed by atoms with Crippen LogP contribution in [0.25, 0.3) is 0 Å². The zero-order chi connectivity index (χ0) is 20.3. The molecular formula is C17H28N2O6S. The average Bonchev–Trinajstić information content (AvgIpc) is 2.57. The molecule has 2 amide bonds. The molecule has 0 rings (SSSR count). The molecule has 0 bridgehead atoms. The molecule has 0 heterocycles. The zero-order valence-corrected chi connectivity index (χ0v) is 16.8. The van der Waals surface area contributed by atoms with E-state index in [9.17, 15) is 24.0 Å². The summed E-state index contributed by atoms with van der Waals surface area (Å²) in [5, 5.41) is 1.73. The van der Waals surface area contributed by atoms with Crippen LogP contribution in [0.1, 0.15) is 47.5 Å². The SMILES string of the molecule is CCC(=O)NC(CSC(=O)C(=O)CC(=O)OC(C)C)C(=O)N(CC)CC. The van der Waals surface area contributed by atoms with Crippen LogP contribution in [0, 0.1) is 0 Å². The van der Waals surface area contributed by atoms with Crippen molar-refractivity contribution in [3.63, 3.8) is 0 Å². The number of nitrogens with one attached hydrogen (secondary N) is 1. The maximum atomic E-state index is 12.5. The number of carbonyl (C=O) groups is 5. The lowest BCUT2D eigenvalue weighted by Crippen LogP contribution is -2.50. The van der Waals surface area contributed by atoms with Gasteiger partial charge in [-0.25, -0.2) is 0 Å². The van der Waals surface area contributed by atoms with Gasteiger partial charge >= 0.3 is 5.97 Å². The van der Waals surface area contributed by atoms with E-state index in [2.05, 4.69) is 5.32 Å². The first-order chi connectivity index (χ1) is 12.2. The number of carbonyl (C=O) groups excluding carboxylic acids is 5. The van der Waals surface area contributed by atoms with Crippen molar-refractivity contribution < 1.29 is 28.7 Å². The van der Waals surface area contributed by atoms with Gasteiger partial charge in [-0.15, -0.1) is 0 Å². The first kappa shape index (κ1) is 24.1. The Labute approximate surface area is 158 Å². The molecule has 148 valence electrons. The fourth-order valence-corrected chi connectivity index (χ4v) is 2.75. The quantitative estimate of drug-likeness (QED) is 0.318. The number of esters is 1. The molecule has 0 saturated heterocycles. The van der Waals surface area contributed by atoms with E-state index in [1.165, 1.54) is 4.90 Å². The predicted octanol–water partition coefficient (Wildman–Crippen LogP) is 0.920. The number of rotatable bonds is 11. The largest absolute Gasteiger partial charge is 0.463 e. The number of hydrogen-bond donors (Lipinski definition) is 1. The van der Waals surface area contributed by atoms with Crippen LogP contribution in [0.2, 0.25) is 0 Å². The summed E-state index contributed by atoms with van der Waals surface area (Å²) < 4.78 is 4.82. The molecule has 1 atom stereocenters. The van der Waals surface area contributed by atoms with Crippen molar-refractivity contribution in [2.24, 2.45) is 0 Å². The molecule has 0 aliphatic rings. The first-order valence-electron chi connectivity index (χ1n) is 8.63. The van der Waals surface area contributed by atoms with Gasteiger partial charge in [0.1, 0.15) is 12.5 Å². The summed E-state index contributed by atoms with van der Waals surface area (Å²) >= 11 is 0.614. The van der Waals surface area contributed by atoms with Crippen LogP contribution in [0.15, 0.2) is 0 Å². The number of amides is 2. The van der Waals surface area contributed by atoms with Gasteiger partial charge in [0.2, 0.25) is 17.6 Å². The molecule has 0 radical (unpaired) electrons. The second kappa shape index (κ2) is 12.5. The fraction of sp³-hybridized carbons (Fsp3) is 0.706. The molecule has 0 aromatic carbocycles. The highest BCUT2D eigenvalue weighted by molar-refractivity contribution is 8.15. The Bertz CT molecular complexity index is 531. The molecule has 0 aromatic rings. The van der Waals surface area contributed by atoms with Gasteiger partial charge < -0.3 is 15.0 Å². The van der Waals surface area contributed by atoms with E-state index >= 15 is 0 Å². The molecule has 0 aromatic heterocycles. The van der Waals surface area contributed by atoms with Crippen LogP contribution in [0.3, 0.4) is 0 Å². The van der Waals surface area contributed by atoms with Crippen LogP contribution in [0.4, 0.5) is 0 Å². The van der Waals surface area contributed by atoms with E-state index in [0.717, 1.165) is 0 Å². The highest BCUT2D eigenvalue weighted by atomic mass is 32.2. The maximum absolute atomic E-state index is 12.5. The van der Waals surface area contributed by atoms with Crippen molar-refractivity contribution in [1.82, 2.24) is 10.2 Å². The Morgan fingerprint density at radius 2 is 1.62 bits per heavy atom. The molecule has 0 fully saturated rings. The molecule has 9 heteroatoms. The van der Waals surface area contributed by atoms with Crippen LogP contribution in [-0.2, 0) is 28.7 Å². The summed E-state index contributed by atoms with van der Waals surface area (Å²) in [7, 11) is 0. The number of likely N-dealkylation sites (N-methyl/N-ethyl adjacent to an activating group) is 1. The third-order valence-electron chi connectivity index (χ3n) is 3.31. The van der Waals surface area contributed by atoms with Crippen molar-refractivity contribution in [2.45, 2.75) is 59.6 Å². The third-order valence-corrected chi connectivity index (χ3v) is 4.30. The topological polar surface area (TPSA) is 110 Å². The van der Waals surface area contributed by atoms with Gasteiger partial charge in [-0.3, -0.25) is 24.0 Å². The van der Waals surface area contributed by atoms with Crippen molar-refractivity contribution in [1.29, 1.82) is 0 Å². The molecule has 0 aliphatic carbocycles. The first-order valence-corrected chi connectivity index (χ1v) is 9.62. The second-order valence-electron chi connectivity index (χ2n) is 5.72. The molecule has 1 unspecified atom stereocenters. The lowest BCUT2D eigenvalue weighted by atomic mass is 10.2. The molecule has 0 spiro atoms. The summed E-state index contributed by atoms with van der Waals surface area (Å²) in [5.41, 5.74) is 0. The average molecular weight is 388 g/mol. The van der Waals surface area contributed by atoms with Gasteiger partial charge in [-0.1, -0.05) is 18.7 Å². The Balaban J connectivity index is 4.83. The van der Waals surface area contributed by atoms with Gasteiger partial charge in [-0.05, 0) is 27.7 Å². The summed E-state index contributed by atoms with van der Waals surface area (Å²) in [6, 6.07) is -0.910. The third kappa shape index (κ3) is 8.98. The minimum absolute atomic E-state index is 0.0785. The molecular weight excluding hydrogens is 360 g/mol. The monoisotopic (exact) mass is 388 g/mol. The normalized spacial score (nSPS) is 11.6. The minimum atomic E-state index is -0.910. The van der Waals surface area contributed by atoms with E-state index < -0.39 is 29.3 Å². The van der Waals surface area contributed by atoms with E-state index in [-0.39, 0.29) is 30.1 Å². The Kier molecular flexibility index (Phi) is 11.5. The van der Waals surface area contributed by atoms with Crippen LogP contribution >= 0.6 is 11.8 Å². The predicted molar refractivity (Wildman–Crippen MR) is 98.5 cm³/mol. The highest BCUT2D eigenvalue weighted by Crippen LogP contribution is 2.10. The molecule has 1 N–H and O–H groups in total. The standard InChI is InChI=1S/C17H28N2O6S/c1-6-14(21)18-12(16(23)19(7-2)8-3)10-26-17(24)13(20)9-15(22)25-11(4)5/h11-12H,6-10H2,1-5H3,(H,18,21). The van der Waals surface area contributed by atoms with Gasteiger partial charge in [-0.2, -0.15) is 0 Å². The van der Waals surface area contributed by atoms with Crippen LogP contribution < -0.4 is 5.32 Å². The number of ether oxygens (including phenoxy) is 1. The summed E-state index contributed by atoms with van der Waals surface area (Å²) in [5.74, 6) is -2.38. The number of Topliss-reactive ketones (excluding diaryl/α,β-unsaturated/α-hetero) is 1. The fourth-order valence-electron chi connectivity index (χ4n) is 1.97.